The summed E-state index contributed by atoms with van der Waals surface area (Å²) in [4.78, 5) is 60.2. The molecule has 258 valence electrons. The zero-order valence-electron chi connectivity index (χ0n) is 30.2. The molecule has 2 aromatic heterocycles. The van der Waals surface area contributed by atoms with E-state index in [2.05, 4.69) is 63.6 Å². The first-order chi connectivity index (χ1) is 23.5. The standard InChI is InChI=1S/C40H49N5O4/c1-9-12-13-14-17-45-39(47)35-24(7)31-20-33-26(11-3)22(5)29(42-33)19-32-25(10-2)21(4)28(41-32)18-30-23(6)27(15-16-34(46)49-8)37(43-30)36(40(45)48)38(35)44-31/h18-20,23,27,43-44H,9-17H2,1-8H3/t23-,27-/m0/s1. The van der Waals surface area contributed by atoms with Crippen LogP contribution in [0.3, 0.4) is 0 Å². The van der Waals surface area contributed by atoms with Crippen LogP contribution in [0, 0.1) is 6.92 Å². The molecule has 0 radical (unpaired) electrons. The lowest BCUT2D eigenvalue weighted by molar-refractivity contribution is -0.140. The Morgan fingerprint density at radius 2 is 1.47 bits per heavy atom. The number of aryl methyl sites for hydroxylation is 1. The summed E-state index contributed by atoms with van der Waals surface area (Å²) in [5.74, 6) is -1.13. The molecule has 0 saturated heterocycles. The van der Waals surface area contributed by atoms with E-state index in [1.807, 2.05) is 13.0 Å². The summed E-state index contributed by atoms with van der Waals surface area (Å²) in [6, 6.07) is 6.22. The van der Waals surface area contributed by atoms with E-state index in [1.165, 1.54) is 17.6 Å². The number of rotatable bonds is 10. The SMILES string of the molecule is CCCCCCN1C(=O)c2c3[nH]c(cc4nc(cc5nc(cc6[nH]c2c(c6C)C1=O)C(CC)=C5C)C(CC)=C4C)[C@@H](C)[C@@H]3CCC(=O)OC. The number of ether oxygens (including phenoxy) is 1. The lowest BCUT2D eigenvalue weighted by Crippen LogP contribution is -2.41. The molecule has 0 spiro atoms. The molecule has 4 aliphatic heterocycles. The lowest BCUT2D eigenvalue weighted by Gasteiger charge is -2.27. The first kappa shape index (κ1) is 34.3. The molecule has 49 heavy (non-hydrogen) atoms. The molecular formula is C40H49N5O4. The van der Waals surface area contributed by atoms with E-state index in [1.54, 1.807) is 0 Å². The highest BCUT2D eigenvalue weighted by Crippen LogP contribution is 2.45. The lowest BCUT2D eigenvalue weighted by atomic mass is 9.84. The minimum Gasteiger partial charge on any atom is -0.469 e. The zero-order chi connectivity index (χ0) is 35.1. The van der Waals surface area contributed by atoms with Crippen molar-refractivity contribution < 1.29 is 19.1 Å². The van der Waals surface area contributed by atoms with Crippen LogP contribution in [0.15, 0.2) is 18.2 Å². The number of aromatic nitrogens is 4. The van der Waals surface area contributed by atoms with Gasteiger partial charge < -0.3 is 14.7 Å². The van der Waals surface area contributed by atoms with Gasteiger partial charge in [0.2, 0.25) is 0 Å². The van der Waals surface area contributed by atoms with E-state index in [0.29, 0.717) is 29.6 Å². The minimum absolute atomic E-state index is 0.0568. The summed E-state index contributed by atoms with van der Waals surface area (Å²) in [5, 5.41) is 0. The van der Waals surface area contributed by atoms with Crippen LogP contribution in [0.1, 0.15) is 165 Å². The Hall–Kier alpha value is -4.53. The number of nitrogens with one attached hydrogen (secondary N) is 2. The van der Waals surface area contributed by atoms with Gasteiger partial charge in [-0.15, -0.1) is 0 Å². The van der Waals surface area contributed by atoms with Crippen molar-refractivity contribution >= 4 is 51.1 Å². The molecule has 2 amide bonds. The van der Waals surface area contributed by atoms with Gasteiger partial charge in [0, 0.05) is 41.7 Å². The van der Waals surface area contributed by atoms with Crippen LogP contribution in [0.5, 0.6) is 0 Å². The summed E-state index contributed by atoms with van der Waals surface area (Å²) in [6.07, 6.45) is 6.10. The van der Waals surface area contributed by atoms with Crippen molar-refractivity contribution in [2.45, 2.75) is 112 Å². The van der Waals surface area contributed by atoms with E-state index >= 15 is 0 Å². The summed E-state index contributed by atoms with van der Waals surface area (Å²) >= 11 is 0. The van der Waals surface area contributed by atoms with Crippen LogP contribution in [0.4, 0.5) is 0 Å². The molecule has 0 unspecified atom stereocenters. The van der Waals surface area contributed by atoms with Gasteiger partial charge in [-0.3, -0.25) is 19.3 Å². The van der Waals surface area contributed by atoms with Crippen molar-refractivity contribution in [3.8, 4) is 0 Å². The minimum atomic E-state index is -0.312. The second kappa shape index (κ2) is 13.8. The molecule has 6 heterocycles. The largest absolute Gasteiger partial charge is 0.469 e. The predicted octanol–water partition coefficient (Wildman–Crippen LogP) is 9.04. The Kier molecular flexibility index (Phi) is 9.65. The van der Waals surface area contributed by atoms with Gasteiger partial charge in [0.05, 0.1) is 46.5 Å². The number of esters is 1. The molecule has 0 saturated carbocycles. The second-order valence-electron chi connectivity index (χ2n) is 13.7. The molecular weight excluding hydrogens is 614 g/mol. The van der Waals surface area contributed by atoms with E-state index in [9.17, 15) is 14.4 Å². The number of nitrogens with zero attached hydrogens (tertiary/aromatic N) is 3. The fourth-order valence-electron chi connectivity index (χ4n) is 7.93. The quantitative estimate of drug-likeness (QED) is 0.149. The number of carbonyl (C=O) groups excluding carboxylic acids is 3. The Bertz CT molecular complexity index is 1990. The first-order valence-corrected chi connectivity index (χ1v) is 17.9. The molecule has 2 atom stereocenters. The van der Waals surface area contributed by atoms with Crippen molar-refractivity contribution in [1.82, 2.24) is 24.8 Å². The van der Waals surface area contributed by atoms with Crippen LogP contribution >= 0.6 is 0 Å². The number of imide groups is 1. The van der Waals surface area contributed by atoms with Crippen LogP contribution < -0.4 is 0 Å². The van der Waals surface area contributed by atoms with E-state index < -0.39 is 0 Å². The van der Waals surface area contributed by atoms with Gasteiger partial charge in [-0.05, 0) is 92.5 Å². The second-order valence-corrected chi connectivity index (χ2v) is 13.7. The fourth-order valence-corrected chi connectivity index (χ4v) is 7.93. The van der Waals surface area contributed by atoms with Gasteiger partial charge in [-0.1, -0.05) is 47.0 Å². The third-order valence-electron chi connectivity index (χ3n) is 10.9. The molecule has 8 bridgehead atoms. The average Bonchev–Trinajstić information content (AvgIpc) is 3.76. The number of amides is 2. The number of H-pyrrole nitrogens is 2. The molecule has 9 heteroatoms. The summed E-state index contributed by atoms with van der Waals surface area (Å²) < 4.78 is 5.03. The highest BCUT2D eigenvalue weighted by atomic mass is 16.5. The molecule has 2 aromatic rings. The highest BCUT2D eigenvalue weighted by molar-refractivity contribution is 6.23. The smallest absolute Gasteiger partial charge is 0.305 e. The molecule has 9 nitrogen and oxygen atoms in total. The maximum absolute atomic E-state index is 14.6. The van der Waals surface area contributed by atoms with Gasteiger partial charge >= 0.3 is 5.97 Å². The molecule has 0 aliphatic carbocycles. The fraction of sp³-hybridized carbons (Fsp3) is 0.475. The third-order valence-corrected chi connectivity index (χ3v) is 10.9. The van der Waals surface area contributed by atoms with Crippen molar-refractivity contribution in [2.24, 2.45) is 0 Å². The van der Waals surface area contributed by atoms with Gasteiger partial charge in [-0.25, -0.2) is 9.97 Å². The Labute approximate surface area is 289 Å². The van der Waals surface area contributed by atoms with Crippen LogP contribution in [-0.4, -0.2) is 56.3 Å². The highest BCUT2D eigenvalue weighted by Gasteiger charge is 2.40. The number of methoxy groups -OCH3 is 1. The van der Waals surface area contributed by atoms with Crippen LogP contribution in [-0.2, 0) is 9.53 Å². The average molecular weight is 664 g/mol. The molecule has 6 rings (SSSR count). The normalized spacial score (nSPS) is 18.1. The number of fused-ring (bicyclic) bond motifs is 8. The van der Waals surface area contributed by atoms with Gasteiger partial charge in [-0.2, -0.15) is 0 Å². The van der Waals surface area contributed by atoms with E-state index in [-0.39, 0.29) is 36.0 Å². The van der Waals surface area contributed by atoms with Crippen molar-refractivity contribution in [3.63, 3.8) is 0 Å². The van der Waals surface area contributed by atoms with E-state index in [0.717, 1.165) is 100 Å². The Balaban J connectivity index is 1.72. The summed E-state index contributed by atoms with van der Waals surface area (Å²) in [6.45, 7) is 15.1. The topological polar surface area (TPSA) is 121 Å². The van der Waals surface area contributed by atoms with Crippen LogP contribution in [0.25, 0.3) is 33.3 Å². The first-order valence-electron chi connectivity index (χ1n) is 17.9. The summed E-state index contributed by atoms with van der Waals surface area (Å²) in [5.41, 5.74) is 12.8. The number of aromatic amines is 2. The molecule has 0 aromatic carbocycles. The third kappa shape index (κ3) is 5.91. The maximum Gasteiger partial charge on any atom is 0.305 e. The van der Waals surface area contributed by atoms with Gasteiger partial charge in [0.15, 0.2) is 0 Å². The monoisotopic (exact) mass is 663 g/mol. The Morgan fingerprint density at radius 3 is 2.10 bits per heavy atom. The van der Waals surface area contributed by atoms with Gasteiger partial charge in [0.25, 0.3) is 11.8 Å². The van der Waals surface area contributed by atoms with Crippen molar-refractivity contribution in [3.05, 3.63) is 69.1 Å². The number of carbonyl (C=O) groups is 3. The van der Waals surface area contributed by atoms with Gasteiger partial charge in [0.1, 0.15) is 0 Å². The number of allylic oxidation sites excluding steroid dienone is 4. The van der Waals surface area contributed by atoms with Crippen molar-refractivity contribution in [1.29, 1.82) is 0 Å². The number of hydrogen-bond acceptors (Lipinski definition) is 6. The number of unbranched alkanes of at least 4 members (excludes halogenated alkanes) is 3. The molecule has 0 fully saturated rings. The summed E-state index contributed by atoms with van der Waals surface area (Å²) in [7, 11) is 1.40. The van der Waals surface area contributed by atoms with E-state index in [4.69, 9.17) is 14.7 Å². The molecule has 2 N–H and O–H groups in total. The zero-order valence-corrected chi connectivity index (χ0v) is 30.2. The predicted molar refractivity (Wildman–Crippen MR) is 195 cm³/mol. The van der Waals surface area contributed by atoms with Crippen LogP contribution in [0.2, 0.25) is 0 Å². The molecule has 4 aliphatic rings. The maximum atomic E-state index is 14.6. The Morgan fingerprint density at radius 1 is 0.837 bits per heavy atom. The number of hydrogen-bond donors (Lipinski definition) is 2. The van der Waals surface area contributed by atoms with Crippen molar-refractivity contribution in [2.75, 3.05) is 13.7 Å².